The highest BCUT2D eigenvalue weighted by molar-refractivity contribution is 6.03. The molecule has 1 aliphatic rings. The largest absolute Gasteiger partial charge is 0.331 e. The third-order valence-electron chi connectivity index (χ3n) is 3.91. The fraction of sp³-hybridized carbons (Fsp3) is 0.250. The Balaban J connectivity index is 1.64. The van der Waals surface area contributed by atoms with Crippen LogP contribution in [0, 0.1) is 0 Å². The van der Waals surface area contributed by atoms with Gasteiger partial charge in [-0.15, -0.1) is 0 Å². The molecule has 22 heavy (non-hydrogen) atoms. The van der Waals surface area contributed by atoms with Crippen molar-refractivity contribution in [2.24, 2.45) is 7.05 Å². The monoisotopic (exact) mass is 293 g/mol. The summed E-state index contributed by atoms with van der Waals surface area (Å²) < 4.78 is 2.14. The van der Waals surface area contributed by atoms with E-state index in [0.29, 0.717) is 17.3 Å². The average molecular weight is 293 g/mol. The molecular weight excluding hydrogens is 278 g/mol. The lowest BCUT2D eigenvalue weighted by Crippen LogP contribution is -2.13. The maximum Gasteiger partial charge on any atom is 0.275 e. The number of aryl methyl sites for hydroxylation is 1. The lowest BCUT2D eigenvalue weighted by Gasteiger charge is -2.04. The molecule has 1 aromatic carbocycles. The number of benzene rings is 1. The van der Waals surface area contributed by atoms with Crippen LogP contribution < -0.4 is 5.32 Å². The van der Waals surface area contributed by atoms with Crippen LogP contribution in [0.3, 0.4) is 0 Å². The van der Waals surface area contributed by atoms with Crippen molar-refractivity contribution in [3.8, 4) is 0 Å². The predicted molar refractivity (Wildman–Crippen MR) is 82.7 cm³/mol. The molecule has 0 unspecified atom stereocenters. The highest BCUT2D eigenvalue weighted by atomic mass is 16.1. The summed E-state index contributed by atoms with van der Waals surface area (Å²) in [5.41, 5.74) is 2.99. The number of hydrogen-bond donors (Lipinski definition) is 1. The standard InChI is InChI=1S/C16H15N5O/c1-21-14-5-4-11(8-12(14)20-15(21)10-2-3-10)19-16(22)13-9-17-6-7-18-13/h4-10H,2-3H2,1H3,(H,19,22). The Morgan fingerprint density at radius 1 is 1.32 bits per heavy atom. The molecule has 1 N–H and O–H groups in total. The Morgan fingerprint density at radius 2 is 2.18 bits per heavy atom. The number of rotatable bonds is 3. The molecule has 1 aliphatic carbocycles. The fourth-order valence-electron chi connectivity index (χ4n) is 2.61. The third-order valence-corrected chi connectivity index (χ3v) is 3.91. The summed E-state index contributed by atoms with van der Waals surface area (Å²) in [5, 5.41) is 2.83. The second-order valence-corrected chi connectivity index (χ2v) is 5.55. The molecule has 2 heterocycles. The number of nitrogens with zero attached hydrogens (tertiary/aromatic N) is 4. The lowest BCUT2D eigenvalue weighted by atomic mass is 10.2. The molecule has 1 fully saturated rings. The first-order valence-corrected chi connectivity index (χ1v) is 7.26. The van der Waals surface area contributed by atoms with Crippen LogP contribution in [0.2, 0.25) is 0 Å². The van der Waals surface area contributed by atoms with Gasteiger partial charge in [-0.3, -0.25) is 9.78 Å². The van der Waals surface area contributed by atoms with Crippen LogP contribution in [-0.2, 0) is 7.05 Å². The minimum Gasteiger partial charge on any atom is -0.331 e. The Morgan fingerprint density at radius 3 is 2.91 bits per heavy atom. The number of nitrogens with one attached hydrogen (secondary N) is 1. The van der Waals surface area contributed by atoms with Gasteiger partial charge in [0.15, 0.2) is 0 Å². The molecule has 0 atom stereocenters. The zero-order valence-electron chi connectivity index (χ0n) is 12.2. The lowest BCUT2D eigenvalue weighted by molar-refractivity contribution is 0.102. The summed E-state index contributed by atoms with van der Waals surface area (Å²) in [4.78, 5) is 24.7. The van der Waals surface area contributed by atoms with Gasteiger partial charge >= 0.3 is 0 Å². The van der Waals surface area contributed by atoms with E-state index in [9.17, 15) is 4.79 Å². The second kappa shape index (κ2) is 4.91. The Bertz CT molecular complexity index is 852. The Kier molecular flexibility index (Phi) is 2.89. The molecule has 0 aliphatic heterocycles. The van der Waals surface area contributed by atoms with Crippen molar-refractivity contribution >= 4 is 22.6 Å². The summed E-state index contributed by atoms with van der Waals surface area (Å²) in [7, 11) is 2.04. The average Bonchev–Trinajstić information content (AvgIpc) is 3.33. The number of aromatic nitrogens is 4. The maximum absolute atomic E-state index is 12.1. The van der Waals surface area contributed by atoms with Crippen LogP contribution in [0.25, 0.3) is 11.0 Å². The highest BCUT2D eigenvalue weighted by Crippen LogP contribution is 2.40. The molecule has 4 rings (SSSR count). The van der Waals surface area contributed by atoms with Crippen LogP contribution in [0.1, 0.15) is 35.1 Å². The second-order valence-electron chi connectivity index (χ2n) is 5.55. The fourth-order valence-corrected chi connectivity index (χ4v) is 2.61. The van der Waals surface area contributed by atoms with Gasteiger partial charge in [0.25, 0.3) is 5.91 Å². The minimum absolute atomic E-state index is 0.272. The van der Waals surface area contributed by atoms with Crippen LogP contribution in [0.5, 0.6) is 0 Å². The molecule has 0 spiro atoms. The first-order valence-electron chi connectivity index (χ1n) is 7.26. The number of hydrogen-bond acceptors (Lipinski definition) is 4. The number of amides is 1. The van der Waals surface area contributed by atoms with E-state index in [1.54, 1.807) is 0 Å². The number of carbonyl (C=O) groups excluding carboxylic acids is 1. The molecule has 2 aromatic heterocycles. The van der Waals surface area contributed by atoms with Crippen molar-refractivity contribution in [2.45, 2.75) is 18.8 Å². The van der Waals surface area contributed by atoms with Gasteiger partial charge in [0, 0.05) is 31.0 Å². The van der Waals surface area contributed by atoms with Gasteiger partial charge in [-0.05, 0) is 31.0 Å². The van der Waals surface area contributed by atoms with Crippen LogP contribution in [0.15, 0.2) is 36.8 Å². The normalized spacial score (nSPS) is 14.2. The third kappa shape index (κ3) is 2.22. The van der Waals surface area contributed by atoms with E-state index in [4.69, 9.17) is 4.98 Å². The van der Waals surface area contributed by atoms with Gasteiger partial charge in [0.05, 0.1) is 17.2 Å². The van der Waals surface area contributed by atoms with Gasteiger partial charge in [-0.25, -0.2) is 9.97 Å². The van der Waals surface area contributed by atoms with Crippen LogP contribution in [-0.4, -0.2) is 25.4 Å². The van der Waals surface area contributed by atoms with E-state index in [1.807, 2.05) is 25.2 Å². The van der Waals surface area contributed by atoms with E-state index in [0.717, 1.165) is 16.9 Å². The molecule has 6 nitrogen and oxygen atoms in total. The van der Waals surface area contributed by atoms with E-state index < -0.39 is 0 Å². The number of fused-ring (bicyclic) bond motifs is 1. The van der Waals surface area contributed by atoms with Crippen LogP contribution >= 0.6 is 0 Å². The van der Waals surface area contributed by atoms with Gasteiger partial charge in [-0.2, -0.15) is 0 Å². The molecular formula is C16H15N5O. The van der Waals surface area contributed by atoms with E-state index >= 15 is 0 Å². The Hall–Kier alpha value is -2.76. The zero-order valence-corrected chi connectivity index (χ0v) is 12.2. The first-order chi connectivity index (χ1) is 10.7. The van der Waals surface area contributed by atoms with Gasteiger partial charge < -0.3 is 9.88 Å². The van der Waals surface area contributed by atoms with Crippen molar-refractivity contribution < 1.29 is 4.79 Å². The van der Waals surface area contributed by atoms with Crippen molar-refractivity contribution in [2.75, 3.05) is 5.32 Å². The van der Waals surface area contributed by atoms with E-state index in [-0.39, 0.29) is 5.91 Å². The maximum atomic E-state index is 12.1. The van der Waals surface area contributed by atoms with Crippen molar-refractivity contribution in [1.82, 2.24) is 19.5 Å². The molecule has 0 radical (unpaired) electrons. The van der Waals surface area contributed by atoms with Gasteiger partial charge in [0.2, 0.25) is 0 Å². The quantitative estimate of drug-likeness (QED) is 0.805. The van der Waals surface area contributed by atoms with E-state index in [1.165, 1.54) is 31.4 Å². The molecule has 110 valence electrons. The van der Waals surface area contributed by atoms with Crippen LogP contribution in [0.4, 0.5) is 5.69 Å². The first kappa shape index (κ1) is 12.9. The summed E-state index contributed by atoms with van der Waals surface area (Å²) in [6, 6.07) is 5.77. The van der Waals surface area contributed by atoms with Gasteiger partial charge in [0.1, 0.15) is 11.5 Å². The molecule has 3 aromatic rings. The number of imidazole rings is 1. The SMILES string of the molecule is Cn1c(C2CC2)nc2cc(NC(=O)c3cnccn3)ccc21. The molecule has 6 heteroatoms. The predicted octanol–water partition coefficient (Wildman–Crippen LogP) is 2.49. The Labute approximate surface area is 127 Å². The molecule has 1 amide bonds. The molecule has 0 bridgehead atoms. The summed E-state index contributed by atoms with van der Waals surface area (Å²) in [6.45, 7) is 0. The number of anilines is 1. The van der Waals surface area contributed by atoms with Crippen molar-refractivity contribution in [3.05, 3.63) is 48.3 Å². The zero-order chi connectivity index (χ0) is 15.1. The van der Waals surface area contributed by atoms with E-state index in [2.05, 4.69) is 19.9 Å². The number of carbonyl (C=O) groups is 1. The smallest absolute Gasteiger partial charge is 0.275 e. The summed E-state index contributed by atoms with van der Waals surface area (Å²) in [5.74, 6) is 1.45. The van der Waals surface area contributed by atoms with Gasteiger partial charge in [-0.1, -0.05) is 0 Å². The summed E-state index contributed by atoms with van der Waals surface area (Å²) >= 11 is 0. The topological polar surface area (TPSA) is 72.7 Å². The van der Waals surface area contributed by atoms with Crippen molar-refractivity contribution in [3.63, 3.8) is 0 Å². The molecule has 1 saturated carbocycles. The minimum atomic E-state index is -0.272. The summed E-state index contributed by atoms with van der Waals surface area (Å²) in [6.07, 6.45) is 6.91. The molecule has 0 saturated heterocycles. The highest BCUT2D eigenvalue weighted by Gasteiger charge is 2.28. The van der Waals surface area contributed by atoms with Crippen molar-refractivity contribution in [1.29, 1.82) is 0 Å².